The van der Waals surface area contributed by atoms with Gasteiger partial charge in [-0.25, -0.2) is 4.98 Å². The minimum atomic E-state index is -0.00623. The predicted octanol–water partition coefficient (Wildman–Crippen LogP) is 1.09. The van der Waals surface area contributed by atoms with Gasteiger partial charge in [0.25, 0.3) is 0 Å². The Morgan fingerprint density at radius 3 is 3.18 bits per heavy atom. The van der Waals surface area contributed by atoms with Crippen LogP contribution in [0.1, 0.15) is 17.5 Å². The van der Waals surface area contributed by atoms with Crippen molar-refractivity contribution in [2.24, 2.45) is 11.7 Å². The number of nitrogens with two attached hydrogens (primary N) is 1. The maximum atomic E-state index is 7.54. The molecule has 0 spiro atoms. The number of aromatic nitrogens is 1. The lowest BCUT2D eigenvalue weighted by Gasteiger charge is -2.13. The second-order valence-electron chi connectivity index (χ2n) is 4.26. The summed E-state index contributed by atoms with van der Waals surface area (Å²) in [5.74, 6) is 0.856. The van der Waals surface area contributed by atoms with Crippen LogP contribution in [-0.2, 0) is 4.74 Å². The summed E-state index contributed by atoms with van der Waals surface area (Å²) >= 11 is 0. The van der Waals surface area contributed by atoms with E-state index in [4.69, 9.17) is 20.6 Å². The van der Waals surface area contributed by atoms with Gasteiger partial charge in [0.05, 0.1) is 18.8 Å². The number of hydrogen-bond donors (Lipinski definition) is 2. The van der Waals surface area contributed by atoms with Crippen molar-refractivity contribution >= 4 is 5.84 Å². The van der Waals surface area contributed by atoms with Crippen molar-refractivity contribution in [2.45, 2.75) is 13.3 Å². The van der Waals surface area contributed by atoms with Gasteiger partial charge >= 0.3 is 0 Å². The largest absolute Gasteiger partial charge is 0.477 e. The van der Waals surface area contributed by atoms with Crippen LogP contribution in [0.4, 0.5) is 0 Å². The second kappa shape index (κ2) is 5.14. The molecule has 1 saturated heterocycles. The molecular formula is C12H17N3O2. The predicted molar refractivity (Wildman–Crippen MR) is 64.4 cm³/mol. The Bertz CT molecular complexity index is 414. The Hall–Kier alpha value is -1.62. The Morgan fingerprint density at radius 1 is 1.71 bits per heavy atom. The highest BCUT2D eigenvalue weighted by atomic mass is 16.5. The van der Waals surface area contributed by atoms with Gasteiger partial charge in [0, 0.05) is 18.7 Å². The summed E-state index contributed by atoms with van der Waals surface area (Å²) in [6, 6.07) is 1.82. The molecule has 0 radical (unpaired) electrons. The summed E-state index contributed by atoms with van der Waals surface area (Å²) < 4.78 is 10.9. The Morgan fingerprint density at radius 2 is 2.53 bits per heavy atom. The molecule has 1 aromatic heterocycles. The summed E-state index contributed by atoms with van der Waals surface area (Å²) in [6.45, 7) is 4.00. The van der Waals surface area contributed by atoms with Gasteiger partial charge in [0.1, 0.15) is 5.84 Å². The number of nitrogen functional groups attached to an aromatic ring is 1. The fraction of sp³-hybridized carbons (Fsp3) is 0.500. The van der Waals surface area contributed by atoms with Crippen LogP contribution in [0.15, 0.2) is 12.3 Å². The number of rotatable bonds is 4. The zero-order valence-electron chi connectivity index (χ0n) is 9.90. The molecule has 1 aromatic rings. The smallest absolute Gasteiger partial charge is 0.224 e. The Labute approximate surface area is 100 Å². The minimum absolute atomic E-state index is 0.00623. The molecule has 1 aliphatic rings. The van der Waals surface area contributed by atoms with Gasteiger partial charge in [-0.15, -0.1) is 0 Å². The Balaban J connectivity index is 2.09. The van der Waals surface area contributed by atoms with E-state index < -0.39 is 0 Å². The molecule has 0 aliphatic carbocycles. The van der Waals surface area contributed by atoms with E-state index in [1.54, 1.807) is 6.20 Å². The van der Waals surface area contributed by atoms with E-state index in [0.29, 0.717) is 24.0 Å². The molecule has 1 fully saturated rings. The number of nitrogens with one attached hydrogen (secondary N) is 1. The average Bonchev–Trinajstić information content (AvgIpc) is 2.78. The first-order valence-corrected chi connectivity index (χ1v) is 5.69. The van der Waals surface area contributed by atoms with Crippen LogP contribution in [-0.4, -0.2) is 30.6 Å². The van der Waals surface area contributed by atoms with Crippen molar-refractivity contribution in [3.63, 3.8) is 0 Å². The summed E-state index contributed by atoms with van der Waals surface area (Å²) in [5, 5.41) is 7.54. The molecule has 92 valence electrons. The van der Waals surface area contributed by atoms with Crippen molar-refractivity contribution in [1.82, 2.24) is 4.98 Å². The third kappa shape index (κ3) is 2.74. The van der Waals surface area contributed by atoms with E-state index in [1.807, 2.05) is 13.0 Å². The van der Waals surface area contributed by atoms with Crippen LogP contribution in [0.3, 0.4) is 0 Å². The third-order valence-electron chi connectivity index (χ3n) is 2.87. The van der Waals surface area contributed by atoms with E-state index in [9.17, 15) is 0 Å². The van der Waals surface area contributed by atoms with Gasteiger partial charge in [-0.1, -0.05) is 0 Å². The lowest BCUT2D eigenvalue weighted by molar-refractivity contribution is 0.165. The van der Waals surface area contributed by atoms with Crippen molar-refractivity contribution in [3.8, 4) is 5.88 Å². The number of nitrogens with zero attached hydrogens (tertiary/aromatic N) is 1. The van der Waals surface area contributed by atoms with Crippen LogP contribution in [0.25, 0.3) is 0 Å². The maximum absolute atomic E-state index is 7.54. The molecule has 0 bridgehead atoms. The fourth-order valence-corrected chi connectivity index (χ4v) is 1.88. The summed E-state index contributed by atoms with van der Waals surface area (Å²) in [4.78, 5) is 4.14. The summed E-state index contributed by atoms with van der Waals surface area (Å²) in [7, 11) is 0. The first-order valence-electron chi connectivity index (χ1n) is 5.69. The van der Waals surface area contributed by atoms with Gasteiger partial charge in [0.15, 0.2) is 0 Å². The standard InChI is InChI=1S/C12H17N3O2/c1-8-2-4-15-12(10(8)11(13)14)17-7-9-3-5-16-6-9/h2,4,9H,3,5-7H2,1H3,(H3,13,14). The van der Waals surface area contributed by atoms with Crippen LogP contribution in [0.2, 0.25) is 0 Å². The fourth-order valence-electron chi connectivity index (χ4n) is 1.88. The zero-order valence-corrected chi connectivity index (χ0v) is 9.90. The van der Waals surface area contributed by atoms with Crippen LogP contribution in [0.5, 0.6) is 5.88 Å². The average molecular weight is 235 g/mol. The van der Waals surface area contributed by atoms with E-state index >= 15 is 0 Å². The van der Waals surface area contributed by atoms with Crippen LogP contribution >= 0.6 is 0 Å². The van der Waals surface area contributed by atoms with Gasteiger partial charge < -0.3 is 15.2 Å². The quantitative estimate of drug-likeness (QED) is 0.604. The van der Waals surface area contributed by atoms with Gasteiger partial charge in [-0.3, -0.25) is 5.41 Å². The molecule has 5 nitrogen and oxygen atoms in total. The highest BCUT2D eigenvalue weighted by molar-refractivity contribution is 5.98. The normalized spacial score (nSPS) is 19.2. The van der Waals surface area contributed by atoms with E-state index in [-0.39, 0.29) is 5.84 Å². The lowest BCUT2D eigenvalue weighted by Crippen LogP contribution is -2.18. The summed E-state index contributed by atoms with van der Waals surface area (Å²) in [6.07, 6.45) is 2.68. The third-order valence-corrected chi connectivity index (χ3v) is 2.87. The van der Waals surface area contributed by atoms with Crippen molar-refractivity contribution < 1.29 is 9.47 Å². The van der Waals surface area contributed by atoms with Crippen LogP contribution < -0.4 is 10.5 Å². The van der Waals surface area contributed by atoms with E-state index in [2.05, 4.69) is 4.98 Å². The van der Waals surface area contributed by atoms with Crippen molar-refractivity contribution in [2.75, 3.05) is 19.8 Å². The lowest BCUT2D eigenvalue weighted by atomic mass is 10.1. The highest BCUT2D eigenvalue weighted by Gasteiger charge is 2.18. The van der Waals surface area contributed by atoms with E-state index in [0.717, 1.165) is 25.2 Å². The number of ether oxygens (including phenoxy) is 2. The van der Waals surface area contributed by atoms with E-state index in [1.165, 1.54) is 0 Å². The topological polar surface area (TPSA) is 81.2 Å². The molecule has 0 saturated carbocycles. The molecule has 3 N–H and O–H groups in total. The Kier molecular flexibility index (Phi) is 3.58. The SMILES string of the molecule is Cc1ccnc(OCC2CCOC2)c1C(=N)N. The van der Waals surface area contributed by atoms with Gasteiger partial charge in [-0.2, -0.15) is 0 Å². The first-order chi connectivity index (χ1) is 8.18. The second-order valence-corrected chi connectivity index (χ2v) is 4.26. The number of pyridine rings is 1. The number of hydrogen-bond acceptors (Lipinski definition) is 4. The molecule has 0 aromatic carbocycles. The molecule has 17 heavy (non-hydrogen) atoms. The maximum Gasteiger partial charge on any atom is 0.224 e. The molecule has 1 unspecified atom stereocenters. The minimum Gasteiger partial charge on any atom is -0.477 e. The van der Waals surface area contributed by atoms with Crippen molar-refractivity contribution in [1.29, 1.82) is 5.41 Å². The van der Waals surface area contributed by atoms with Gasteiger partial charge in [-0.05, 0) is 25.0 Å². The molecule has 0 amide bonds. The number of amidine groups is 1. The van der Waals surface area contributed by atoms with Crippen molar-refractivity contribution in [3.05, 3.63) is 23.4 Å². The monoisotopic (exact) mass is 235 g/mol. The van der Waals surface area contributed by atoms with Gasteiger partial charge in [0.2, 0.25) is 5.88 Å². The highest BCUT2D eigenvalue weighted by Crippen LogP contribution is 2.20. The molecule has 2 rings (SSSR count). The zero-order chi connectivity index (χ0) is 12.3. The molecule has 5 heteroatoms. The molecule has 1 atom stereocenters. The number of aryl methyl sites for hydroxylation is 1. The molecule has 2 heterocycles. The molecule has 1 aliphatic heterocycles. The first kappa shape index (κ1) is 11.9. The van der Waals surface area contributed by atoms with Crippen LogP contribution in [0, 0.1) is 18.3 Å². The summed E-state index contributed by atoms with van der Waals surface area (Å²) in [5.41, 5.74) is 7.03. The molecular weight excluding hydrogens is 218 g/mol.